The van der Waals surface area contributed by atoms with Crippen LogP contribution < -0.4 is 5.32 Å². The van der Waals surface area contributed by atoms with E-state index in [4.69, 9.17) is 11.6 Å². The summed E-state index contributed by atoms with van der Waals surface area (Å²) in [6, 6.07) is 11.4. The van der Waals surface area contributed by atoms with E-state index in [0.717, 1.165) is 16.6 Å². The van der Waals surface area contributed by atoms with Gasteiger partial charge < -0.3 is 5.32 Å². The van der Waals surface area contributed by atoms with Gasteiger partial charge in [-0.1, -0.05) is 39.7 Å². The second-order valence-electron chi connectivity index (χ2n) is 5.03. The van der Waals surface area contributed by atoms with Crippen LogP contribution in [0.2, 0.25) is 5.15 Å². The fourth-order valence-electron chi connectivity index (χ4n) is 2.09. The number of benzene rings is 1. The van der Waals surface area contributed by atoms with Crippen molar-refractivity contribution in [2.24, 2.45) is 0 Å². The summed E-state index contributed by atoms with van der Waals surface area (Å²) >= 11 is 9.29. The lowest BCUT2D eigenvalue weighted by Gasteiger charge is -2.14. The van der Waals surface area contributed by atoms with Crippen molar-refractivity contribution in [1.29, 1.82) is 0 Å². The van der Waals surface area contributed by atoms with Crippen molar-refractivity contribution in [3.63, 3.8) is 0 Å². The van der Waals surface area contributed by atoms with Gasteiger partial charge in [-0.25, -0.2) is 4.98 Å². The summed E-state index contributed by atoms with van der Waals surface area (Å²) < 4.78 is 1.05. The van der Waals surface area contributed by atoms with Crippen LogP contribution in [0.4, 0.5) is 0 Å². The van der Waals surface area contributed by atoms with Crippen LogP contribution in [-0.2, 0) is 6.42 Å². The summed E-state index contributed by atoms with van der Waals surface area (Å²) in [6.07, 6.45) is 0.775. The lowest BCUT2D eigenvalue weighted by Crippen LogP contribution is -2.34. The molecule has 1 amide bonds. The molecular formula is C16H16BrClN2O. The summed E-state index contributed by atoms with van der Waals surface area (Å²) in [5.74, 6) is -0.132. The molecule has 0 aliphatic carbocycles. The van der Waals surface area contributed by atoms with Gasteiger partial charge in [0.1, 0.15) is 5.15 Å². The van der Waals surface area contributed by atoms with E-state index in [-0.39, 0.29) is 11.9 Å². The highest BCUT2D eigenvalue weighted by molar-refractivity contribution is 9.10. The van der Waals surface area contributed by atoms with Gasteiger partial charge >= 0.3 is 0 Å². The zero-order chi connectivity index (χ0) is 15.4. The van der Waals surface area contributed by atoms with E-state index in [0.29, 0.717) is 10.7 Å². The Balaban J connectivity index is 2.00. The molecule has 0 bridgehead atoms. The molecule has 5 heteroatoms. The third-order valence-corrected chi connectivity index (χ3v) is 3.74. The highest BCUT2D eigenvalue weighted by atomic mass is 79.9. The highest BCUT2D eigenvalue weighted by Gasteiger charge is 2.12. The fraction of sp³-hybridized carbons (Fsp3) is 0.250. The Labute approximate surface area is 137 Å². The molecule has 0 spiro atoms. The maximum atomic E-state index is 12.2. The van der Waals surface area contributed by atoms with Gasteiger partial charge in [-0.2, -0.15) is 0 Å². The zero-order valence-corrected chi connectivity index (χ0v) is 14.2. The number of aromatic nitrogens is 1. The lowest BCUT2D eigenvalue weighted by atomic mass is 10.1. The van der Waals surface area contributed by atoms with Crippen LogP contribution in [0.3, 0.4) is 0 Å². The first-order valence-corrected chi connectivity index (χ1v) is 7.80. The number of pyridine rings is 1. The second-order valence-corrected chi connectivity index (χ2v) is 6.33. The Morgan fingerprint density at radius 2 is 2.00 bits per heavy atom. The summed E-state index contributed by atoms with van der Waals surface area (Å²) in [5, 5.41) is 3.31. The van der Waals surface area contributed by atoms with Crippen LogP contribution >= 0.6 is 27.5 Å². The second kappa shape index (κ2) is 7.05. The van der Waals surface area contributed by atoms with E-state index >= 15 is 0 Å². The maximum absolute atomic E-state index is 12.2. The molecule has 3 nitrogen and oxygen atoms in total. The van der Waals surface area contributed by atoms with Crippen LogP contribution in [0.1, 0.15) is 28.5 Å². The van der Waals surface area contributed by atoms with Crippen LogP contribution in [-0.4, -0.2) is 16.9 Å². The Kier molecular flexibility index (Phi) is 5.37. The molecule has 0 aliphatic rings. The van der Waals surface area contributed by atoms with Crippen LogP contribution in [0.15, 0.2) is 40.9 Å². The molecule has 1 aromatic heterocycles. The van der Waals surface area contributed by atoms with Crippen molar-refractivity contribution in [1.82, 2.24) is 10.3 Å². The van der Waals surface area contributed by atoms with Gasteiger partial charge in [0.15, 0.2) is 0 Å². The minimum atomic E-state index is -0.132. The molecule has 21 heavy (non-hydrogen) atoms. The van der Waals surface area contributed by atoms with Crippen molar-refractivity contribution in [3.05, 3.63) is 62.8 Å². The Morgan fingerprint density at radius 1 is 1.33 bits per heavy atom. The molecule has 110 valence electrons. The molecule has 1 heterocycles. The molecule has 1 atom stereocenters. The van der Waals surface area contributed by atoms with E-state index in [1.165, 1.54) is 5.56 Å². The number of nitrogens with one attached hydrogen (secondary N) is 1. The van der Waals surface area contributed by atoms with Gasteiger partial charge in [0.05, 0.1) is 0 Å². The highest BCUT2D eigenvalue weighted by Crippen LogP contribution is 2.13. The first-order valence-electron chi connectivity index (χ1n) is 6.63. The molecule has 1 N–H and O–H groups in total. The number of rotatable bonds is 4. The number of carbonyl (C=O) groups is 1. The van der Waals surface area contributed by atoms with Gasteiger partial charge in [-0.3, -0.25) is 4.79 Å². The van der Waals surface area contributed by atoms with Gasteiger partial charge in [0.2, 0.25) is 0 Å². The zero-order valence-electron chi connectivity index (χ0n) is 11.9. The normalized spacial score (nSPS) is 12.0. The first kappa shape index (κ1) is 16.0. The third-order valence-electron chi connectivity index (χ3n) is 3.02. The van der Waals surface area contributed by atoms with E-state index in [1.807, 2.05) is 38.1 Å². The number of amides is 1. The first-order chi connectivity index (χ1) is 9.94. The number of aryl methyl sites for hydroxylation is 1. The van der Waals surface area contributed by atoms with Gasteiger partial charge in [-0.15, -0.1) is 0 Å². The number of halogens is 2. The molecule has 1 aromatic carbocycles. The summed E-state index contributed by atoms with van der Waals surface area (Å²) in [6.45, 7) is 3.80. The molecule has 0 fully saturated rings. The van der Waals surface area contributed by atoms with Crippen molar-refractivity contribution in [2.75, 3.05) is 0 Å². The van der Waals surface area contributed by atoms with Crippen molar-refractivity contribution in [3.8, 4) is 0 Å². The minimum Gasteiger partial charge on any atom is -0.349 e. The van der Waals surface area contributed by atoms with Crippen LogP contribution in [0.5, 0.6) is 0 Å². The number of carbonyl (C=O) groups excluding carboxylic acids is 1. The summed E-state index contributed by atoms with van der Waals surface area (Å²) in [7, 11) is 0. The average molecular weight is 368 g/mol. The van der Waals surface area contributed by atoms with Crippen LogP contribution in [0.25, 0.3) is 0 Å². The number of hydrogen-bond donors (Lipinski definition) is 1. The molecular weight excluding hydrogens is 352 g/mol. The standard InChI is InChI=1S/C16H16BrClN2O/c1-10(7-12-3-5-14(17)6-4-12)20-16(21)13-8-11(2)19-15(18)9-13/h3-6,8-10H,7H2,1-2H3,(H,20,21). The lowest BCUT2D eigenvalue weighted by molar-refractivity contribution is 0.0940. The van der Waals surface area contributed by atoms with E-state index in [2.05, 4.69) is 26.2 Å². The Bertz CT molecular complexity index is 623. The smallest absolute Gasteiger partial charge is 0.251 e. The molecule has 0 saturated carbocycles. The van der Waals surface area contributed by atoms with Gasteiger partial charge in [0, 0.05) is 21.8 Å². The molecule has 0 saturated heterocycles. The summed E-state index contributed by atoms with van der Waals surface area (Å²) in [4.78, 5) is 16.3. The SMILES string of the molecule is Cc1cc(C(=O)NC(C)Cc2ccc(Br)cc2)cc(Cl)n1. The predicted molar refractivity (Wildman–Crippen MR) is 88.8 cm³/mol. The topological polar surface area (TPSA) is 42.0 Å². The Hall–Kier alpha value is -1.39. The molecule has 0 aliphatic heterocycles. The average Bonchev–Trinajstić information content (AvgIpc) is 2.40. The summed E-state index contributed by atoms with van der Waals surface area (Å²) in [5.41, 5.74) is 2.44. The van der Waals surface area contributed by atoms with Crippen molar-refractivity contribution in [2.45, 2.75) is 26.3 Å². The Morgan fingerprint density at radius 3 is 2.62 bits per heavy atom. The molecule has 2 rings (SSSR count). The van der Waals surface area contributed by atoms with E-state index in [9.17, 15) is 4.79 Å². The van der Waals surface area contributed by atoms with Crippen molar-refractivity contribution < 1.29 is 4.79 Å². The van der Waals surface area contributed by atoms with Crippen molar-refractivity contribution >= 4 is 33.4 Å². The maximum Gasteiger partial charge on any atom is 0.251 e. The largest absolute Gasteiger partial charge is 0.349 e. The molecule has 0 radical (unpaired) electrons. The monoisotopic (exact) mass is 366 g/mol. The quantitative estimate of drug-likeness (QED) is 0.824. The van der Waals surface area contributed by atoms with E-state index in [1.54, 1.807) is 12.1 Å². The predicted octanol–water partition coefficient (Wildman–Crippen LogP) is 4.17. The fourth-order valence-corrected chi connectivity index (χ4v) is 2.61. The van der Waals surface area contributed by atoms with Crippen LogP contribution in [0, 0.1) is 6.92 Å². The third kappa shape index (κ3) is 4.83. The van der Waals surface area contributed by atoms with Gasteiger partial charge in [0.25, 0.3) is 5.91 Å². The number of hydrogen-bond acceptors (Lipinski definition) is 2. The minimum absolute atomic E-state index is 0.0333. The number of nitrogens with zero attached hydrogens (tertiary/aromatic N) is 1. The molecule has 2 aromatic rings. The van der Waals surface area contributed by atoms with E-state index < -0.39 is 0 Å². The van der Waals surface area contributed by atoms with Gasteiger partial charge in [-0.05, 0) is 50.1 Å². The molecule has 1 unspecified atom stereocenters.